The Bertz CT molecular complexity index is 314. The van der Waals surface area contributed by atoms with E-state index < -0.39 is 0 Å². The van der Waals surface area contributed by atoms with E-state index in [1.165, 1.54) is 0 Å². The maximum absolute atomic E-state index is 4.22. The van der Waals surface area contributed by atoms with Gasteiger partial charge < -0.3 is 0 Å². The molecule has 0 aliphatic heterocycles. The first-order valence-electron chi connectivity index (χ1n) is 3.84. The molecule has 0 aliphatic carbocycles. The first-order chi connectivity index (χ1) is 5.79. The summed E-state index contributed by atoms with van der Waals surface area (Å²) in [4.78, 5) is 8.10. The topological polar surface area (TPSA) is 24.7 Å². The summed E-state index contributed by atoms with van der Waals surface area (Å²) in [5, 5.41) is 0. The maximum atomic E-state index is 4.22. The van der Waals surface area contributed by atoms with Crippen LogP contribution in [0.15, 0.2) is 28.2 Å². The van der Waals surface area contributed by atoms with E-state index >= 15 is 0 Å². The monoisotopic (exact) mass is 160 g/mol. The molecular formula is C10H12N2. The van der Waals surface area contributed by atoms with Crippen molar-refractivity contribution < 1.29 is 0 Å². The molecule has 0 aromatic heterocycles. The second-order valence-electron chi connectivity index (χ2n) is 2.49. The van der Waals surface area contributed by atoms with Crippen molar-refractivity contribution in [2.75, 3.05) is 0 Å². The van der Waals surface area contributed by atoms with Crippen molar-refractivity contribution in [2.45, 2.75) is 13.8 Å². The SMILES string of the molecule is C=Nc1cccc(C)c1N=CC. The van der Waals surface area contributed by atoms with Gasteiger partial charge in [-0.2, -0.15) is 0 Å². The fraction of sp³-hybridized carbons (Fsp3) is 0.200. The number of hydrogen-bond donors (Lipinski definition) is 0. The lowest BCUT2D eigenvalue weighted by Gasteiger charge is -2.02. The Morgan fingerprint density at radius 1 is 1.42 bits per heavy atom. The molecule has 0 fully saturated rings. The number of hydrogen-bond acceptors (Lipinski definition) is 2. The van der Waals surface area contributed by atoms with Crippen LogP contribution in [0.2, 0.25) is 0 Å². The van der Waals surface area contributed by atoms with Crippen LogP contribution in [0.5, 0.6) is 0 Å². The second-order valence-corrected chi connectivity index (χ2v) is 2.49. The summed E-state index contributed by atoms with van der Waals surface area (Å²) < 4.78 is 0. The summed E-state index contributed by atoms with van der Waals surface area (Å²) in [6.07, 6.45) is 1.76. The third-order valence-corrected chi connectivity index (χ3v) is 1.65. The van der Waals surface area contributed by atoms with Gasteiger partial charge >= 0.3 is 0 Å². The van der Waals surface area contributed by atoms with Crippen molar-refractivity contribution in [1.82, 2.24) is 0 Å². The zero-order chi connectivity index (χ0) is 8.97. The van der Waals surface area contributed by atoms with Gasteiger partial charge in [0.05, 0.1) is 11.4 Å². The molecule has 1 aromatic carbocycles. The van der Waals surface area contributed by atoms with Crippen LogP contribution in [0.25, 0.3) is 0 Å². The zero-order valence-corrected chi connectivity index (χ0v) is 7.41. The number of para-hydroxylation sites is 1. The summed E-state index contributed by atoms with van der Waals surface area (Å²) in [6, 6.07) is 5.87. The third kappa shape index (κ3) is 1.59. The minimum Gasteiger partial charge on any atom is -0.262 e. The molecule has 2 heteroatoms. The fourth-order valence-electron chi connectivity index (χ4n) is 1.07. The highest BCUT2D eigenvalue weighted by molar-refractivity contribution is 5.73. The lowest BCUT2D eigenvalue weighted by molar-refractivity contribution is 1.38. The van der Waals surface area contributed by atoms with Gasteiger partial charge in [0.25, 0.3) is 0 Å². The highest BCUT2D eigenvalue weighted by Gasteiger charge is 1.99. The van der Waals surface area contributed by atoms with Crippen molar-refractivity contribution in [1.29, 1.82) is 0 Å². The van der Waals surface area contributed by atoms with Gasteiger partial charge in [-0.05, 0) is 32.2 Å². The molecule has 62 valence electrons. The Morgan fingerprint density at radius 3 is 2.75 bits per heavy atom. The van der Waals surface area contributed by atoms with Crippen molar-refractivity contribution >= 4 is 24.3 Å². The Labute approximate surface area is 72.7 Å². The molecule has 2 nitrogen and oxygen atoms in total. The van der Waals surface area contributed by atoms with Gasteiger partial charge in [0.1, 0.15) is 0 Å². The molecule has 1 aromatic rings. The van der Waals surface area contributed by atoms with Gasteiger partial charge in [0.15, 0.2) is 0 Å². The number of rotatable bonds is 2. The standard InChI is InChI=1S/C10H12N2/c1-4-12-10-8(2)6-5-7-9(10)11-3/h4-7H,3H2,1-2H3. The molecule has 0 aliphatic rings. The quantitative estimate of drug-likeness (QED) is 0.594. The van der Waals surface area contributed by atoms with E-state index in [9.17, 15) is 0 Å². The summed E-state index contributed by atoms with van der Waals surface area (Å²) in [6.45, 7) is 7.39. The average molecular weight is 160 g/mol. The first kappa shape index (κ1) is 8.65. The minimum atomic E-state index is 0.841. The van der Waals surface area contributed by atoms with Crippen LogP contribution < -0.4 is 0 Å². The van der Waals surface area contributed by atoms with Gasteiger partial charge in [0.2, 0.25) is 0 Å². The van der Waals surface area contributed by atoms with Crippen LogP contribution >= 0.6 is 0 Å². The van der Waals surface area contributed by atoms with Crippen LogP contribution in [0.4, 0.5) is 11.4 Å². The Balaban J connectivity index is 3.28. The van der Waals surface area contributed by atoms with Crippen molar-refractivity contribution in [3.8, 4) is 0 Å². The van der Waals surface area contributed by atoms with E-state index in [0.29, 0.717) is 0 Å². The van der Waals surface area contributed by atoms with Crippen LogP contribution in [-0.2, 0) is 0 Å². The predicted octanol–water partition coefficient (Wildman–Crippen LogP) is 3.05. The molecule has 0 spiro atoms. The first-order valence-corrected chi connectivity index (χ1v) is 3.84. The summed E-state index contributed by atoms with van der Waals surface area (Å²) >= 11 is 0. The summed E-state index contributed by atoms with van der Waals surface area (Å²) in [7, 11) is 0. The van der Waals surface area contributed by atoms with Gasteiger partial charge in [0, 0.05) is 6.21 Å². The molecule has 0 heterocycles. The summed E-state index contributed by atoms with van der Waals surface area (Å²) in [5.74, 6) is 0. The molecule has 0 atom stereocenters. The highest BCUT2D eigenvalue weighted by atomic mass is 14.8. The van der Waals surface area contributed by atoms with E-state index in [1.807, 2.05) is 32.0 Å². The van der Waals surface area contributed by atoms with Crippen LogP contribution in [-0.4, -0.2) is 12.9 Å². The van der Waals surface area contributed by atoms with E-state index in [2.05, 4.69) is 16.7 Å². The molecular weight excluding hydrogens is 148 g/mol. The fourth-order valence-corrected chi connectivity index (χ4v) is 1.07. The molecule has 1 rings (SSSR count). The Hall–Kier alpha value is -1.44. The molecule has 0 saturated heterocycles. The van der Waals surface area contributed by atoms with Gasteiger partial charge in [-0.15, -0.1) is 0 Å². The van der Waals surface area contributed by atoms with Crippen LogP contribution in [0, 0.1) is 6.92 Å². The molecule has 0 unspecified atom stereocenters. The molecule has 0 bridgehead atoms. The van der Waals surface area contributed by atoms with Crippen molar-refractivity contribution in [3.63, 3.8) is 0 Å². The van der Waals surface area contributed by atoms with E-state index in [0.717, 1.165) is 16.9 Å². The van der Waals surface area contributed by atoms with Gasteiger partial charge in [-0.1, -0.05) is 12.1 Å². The molecule has 0 radical (unpaired) electrons. The lowest BCUT2D eigenvalue weighted by Crippen LogP contribution is -1.75. The normalized spacial score (nSPS) is 10.5. The average Bonchev–Trinajstić information content (AvgIpc) is 2.09. The van der Waals surface area contributed by atoms with Crippen LogP contribution in [0.1, 0.15) is 12.5 Å². The van der Waals surface area contributed by atoms with Crippen molar-refractivity contribution in [2.24, 2.45) is 9.98 Å². The van der Waals surface area contributed by atoms with Crippen LogP contribution in [0.3, 0.4) is 0 Å². The zero-order valence-electron chi connectivity index (χ0n) is 7.41. The number of benzene rings is 1. The molecule has 12 heavy (non-hydrogen) atoms. The minimum absolute atomic E-state index is 0.841. The number of aliphatic imine (C=N–C) groups is 2. The highest BCUT2D eigenvalue weighted by Crippen LogP contribution is 2.30. The van der Waals surface area contributed by atoms with Crippen molar-refractivity contribution in [3.05, 3.63) is 23.8 Å². The van der Waals surface area contributed by atoms with Gasteiger partial charge in [-0.3, -0.25) is 9.98 Å². The van der Waals surface area contributed by atoms with E-state index in [1.54, 1.807) is 6.21 Å². The number of nitrogens with zero attached hydrogens (tertiary/aromatic N) is 2. The Kier molecular flexibility index (Phi) is 2.75. The van der Waals surface area contributed by atoms with E-state index in [-0.39, 0.29) is 0 Å². The lowest BCUT2D eigenvalue weighted by atomic mass is 10.2. The predicted molar refractivity (Wildman–Crippen MR) is 54.2 cm³/mol. The molecule has 0 saturated carbocycles. The second kappa shape index (κ2) is 3.81. The summed E-state index contributed by atoms with van der Waals surface area (Å²) in [5.41, 5.74) is 2.88. The van der Waals surface area contributed by atoms with E-state index in [4.69, 9.17) is 0 Å². The maximum Gasteiger partial charge on any atom is 0.0910 e. The third-order valence-electron chi connectivity index (χ3n) is 1.65. The van der Waals surface area contributed by atoms with Gasteiger partial charge in [-0.25, -0.2) is 0 Å². The number of aryl methyl sites for hydroxylation is 1. The Morgan fingerprint density at radius 2 is 2.17 bits per heavy atom. The molecule has 0 amide bonds. The smallest absolute Gasteiger partial charge is 0.0910 e. The largest absolute Gasteiger partial charge is 0.262 e. The molecule has 0 N–H and O–H groups in total.